The van der Waals surface area contributed by atoms with E-state index in [9.17, 15) is 4.79 Å². The first kappa shape index (κ1) is 11.5. The maximum absolute atomic E-state index is 12.2. The van der Waals surface area contributed by atoms with Gasteiger partial charge in [-0.05, 0) is 31.0 Å². The highest BCUT2D eigenvalue weighted by molar-refractivity contribution is 6.01. The van der Waals surface area contributed by atoms with Crippen LogP contribution in [0.15, 0.2) is 12.1 Å². The number of anilines is 2. The van der Waals surface area contributed by atoms with Crippen LogP contribution in [0.1, 0.15) is 11.1 Å². The quantitative estimate of drug-likeness (QED) is 0.742. The van der Waals surface area contributed by atoms with Gasteiger partial charge in [0.2, 0.25) is 5.91 Å². The third kappa shape index (κ3) is 1.52. The van der Waals surface area contributed by atoms with Crippen LogP contribution in [0.25, 0.3) is 0 Å². The Balaban J connectivity index is 2.19. The number of hydrogen-bond acceptors (Lipinski definition) is 3. The Kier molecular flexibility index (Phi) is 2.55. The van der Waals surface area contributed by atoms with Gasteiger partial charge in [-0.15, -0.1) is 0 Å². The topological polar surface area (TPSA) is 35.6 Å². The first-order valence-electron chi connectivity index (χ1n) is 6.43. The second-order valence-electron chi connectivity index (χ2n) is 5.30. The molecule has 0 aliphatic carbocycles. The number of carbonyl (C=O) groups is 1. The summed E-state index contributed by atoms with van der Waals surface area (Å²) < 4.78 is 0. The molecule has 2 aliphatic rings. The van der Waals surface area contributed by atoms with E-state index in [1.54, 1.807) is 0 Å². The first-order valence-corrected chi connectivity index (χ1v) is 6.43. The van der Waals surface area contributed by atoms with Crippen LogP contribution in [0.3, 0.4) is 0 Å². The lowest BCUT2D eigenvalue weighted by molar-refractivity contribution is -0.119. The molecule has 18 heavy (non-hydrogen) atoms. The van der Waals surface area contributed by atoms with Crippen LogP contribution in [0.2, 0.25) is 0 Å². The summed E-state index contributed by atoms with van der Waals surface area (Å²) in [5.74, 6) is 0.189. The van der Waals surface area contributed by atoms with Crippen LogP contribution in [-0.4, -0.2) is 38.6 Å². The minimum atomic E-state index is 0.189. The van der Waals surface area contributed by atoms with Gasteiger partial charge in [0.15, 0.2) is 0 Å². The highest BCUT2D eigenvalue weighted by atomic mass is 16.2. The summed E-state index contributed by atoms with van der Waals surface area (Å²) in [5.41, 5.74) is 4.75. The van der Waals surface area contributed by atoms with E-state index in [0.29, 0.717) is 6.54 Å². The van der Waals surface area contributed by atoms with E-state index >= 15 is 0 Å². The van der Waals surface area contributed by atoms with Gasteiger partial charge >= 0.3 is 0 Å². The smallest absolute Gasteiger partial charge is 0.241 e. The Morgan fingerprint density at radius 3 is 2.89 bits per heavy atom. The molecule has 3 rings (SSSR count). The summed E-state index contributed by atoms with van der Waals surface area (Å²) in [6.07, 6.45) is 0. The Morgan fingerprint density at radius 1 is 1.33 bits per heavy atom. The molecule has 2 heterocycles. The third-order valence-electron chi connectivity index (χ3n) is 4.11. The number of nitrogens with one attached hydrogen (secondary N) is 1. The molecule has 4 nitrogen and oxygen atoms in total. The van der Waals surface area contributed by atoms with Gasteiger partial charge in [-0.1, -0.05) is 6.07 Å². The summed E-state index contributed by atoms with van der Waals surface area (Å²) >= 11 is 0. The molecule has 1 unspecified atom stereocenters. The molecule has 1 atom stereocenters. The van der Waals surface area contributed by atoms with Crippen LogP contribution in [0.5, 0.6) is 0 Å². The number of piperazine rings is 1. The molecule has 0 bridgehead atoms. The fourth-order valence-electron chi connectivity index (χ4n) is 2.99. The highest BCUT2D eigenvalue weighted by Gasteiger charge is 2.36. The maximum atomic E-state index is 12.2. The molecule has 1 aromatic rings. The molecule has 0 radical (unpaired) electrons. The Labute approximate surface area is 108 Å². The standard InChI is InChI=1S/C14H19N3O/c1-9-4-5-12-14(10(9)2)17-11(8-16(12)3)6-15-7-13(17)18/h4-5,11,15H,6-8H2,1-3H3. The van der Waals surface area contributed by atoms with Crippen LogP contribution < -0.4 is 15.1 Å². The summed E-state index contributed by atoms with van der Waals surface area (Å²) in [6, 6.07) is 4.52. The number of fused-ring (bicyclic) bond motifs is 3. The number of nitrogens with zero attached hydrogens (tertiary/aromatic N) is 2. The zero-order valence-electron chi connectivity index (χ0n) is 11.2. The van der Waals surface area contributed by atoms with Gasteiger partial charge in [0.05, 0.1) is 24.0 Å². The molecule has 1 saturated heterocycles. The van der Waals surface area contributed by atoms with E-state index in [4.69, 9.17) is 0 Å². The number of rotatable bonds is 0. The van der Waals surface area contributed by atoms with E-state index in [2.05, 4.69) is 43.2 Å². The first-order chi connectivity index (χ1) is 8.59. The Morgan fingerprint density at radius 2 is 2.11 bits per heavy atom. The minimum absolute atomic E-state index is 0.189. The van der Waals surface area contributed by atoms with Gasteiger partial charge in [-0.3, -0.25) is 4.79 Å². The van der Waals surface area contributed by atoms with Gasteiger partial charge in [0.1, 0.15) is 0 Å². The maximum Gasteiger partial charge on any atom is 0.241 e. The zero-order valence-corrected chi connectivity index (χ0v) is 11.2. The van der Waals surface area contributed by atoms with Crippen molar-refractivity contribution >= 4 is 17.3 Å². The summed E-state index contributed by atoms with van der Waals surface area (Å²) in [5, 5.41) is 3.20. The van der Waals surface area contributed by atoms with Crippen molar-refractivity contribution < 1.29 is 4.79 Å². The van der Waals surface area contributed by atoms with Crippen LogP contribution >= 0.6 is 0 Å². The monoisotopic (exact) mass is 245 g/mol. The summed E-state index contributed by atoms with van der Waals surface area (Å²) in [6.45, 7) is 6.44. The lowest BCUT2D eigenvalue weighted by Gasteiger charge is -2.45. The second-order valence-corrected chi connectivity index (χ2v) is 5.30. The molecule has 2 aliphatic heterocycles. The molecule has 1 aromatic carbocycles. The van der Waals surface area contributed by atoms with Crippen LogP contribution in [-0.2, 0) is 4.79 Å². The van der Waals surface area contributed by atoms with E-state index < -0.39 is 0 Å². The highest BCUT2D eigenvalue weighted by Crippen LogP contribution is 2.39. The predicted octanol–water partition coefficient (Wildman–Crippen LogP) is 1.06. The van der Waals surface area contributed by atoms with Gasteiger partial charge in [-0.2, -0.15) is 0 Å². The van der Waals surface area contributed by atoms with Crippen molar-refractivity contribution in [2.45, 2.75) is 19.9 Å². The Bertz CT molecular complexity index is 512. The van der Waals surface area contributed by atoms with Crippen molar-refractivity contribution in [3.05, 3.63) is 23.3 Å². The van der Waals surface area contributed by atoms with E-state index in [1.807, 2.05) is 4.90 Å². The molecule has 96 valence electrons. The predicted molar refractivity (Wildman–Crippen MR) is 73.3 cm³/mol. The Hall–Kier alpha value is -1.55. The molecule has 4 heteroatoms. The third-order valence-corrected chi connectivity index (χ3v) is 4.11. The van der Waals surface area contributed by atoms with E-state index in [-0.39, 0.29) is 11.9 Å². The number of likely N-dealkylation sites (N-methyl/N-ethyl adjacent to an activating group) is 1. The van der Waals surface area contributed by atoms with Gasteiger partial charge in [-0.25, -0.2) is 0 Å². The average molecular weight is 245 g/mol. The van der Waals surface area contributed by atoms with Crippen LogP contribution in [0.4, 0.5) is 11.4 Å². The summed E-state index contributed by atoms with van der Waals surface area (Å²) in [7, 11) is 2.10. The van der Waals surface area contributed by atoms with Crippen molar-refractivity contribution in [3.8, 4) is 0 Å². The summed E-state index contributed by atoms with van der Waals surface area (Å²) in [4.78, 5) is 16.5. The molecule has 1 amide bonds. The minimum Gasteiger partial charge on any atom is -0.371 e. The average Bonchev–Trinajstić information content (AvgIpc) is 2.34. The number of carbonyl (C=O) groups excluding carboxylic acids is 1. The normalized spacial score (nSPS) is 22.8. The fraction of sp³-hybridized carbons (Fsp3) is 0.500. The number of amides is 1. The number of aryl methyl sites for hydroxylation is 1. The molecule has 1 N–H and O–H groups in total. The lowest BCUT2D eigenvalue weighted by atomic mass is 9.98. The largest absolute Gasteiger partial charge is 0.371 e. The van der Waals surface area contributed by atoms with Crippen molar-refractivity contribution in [2.75, 3.05) is 36.5 Å². The fourth-order valence-corrected chi connectivity index (χ4v) is 2.99. The molecule has 0 saturated carbocycles. The number of hydrogen-bond donors (Lipinski definition) is 1. The lowest BCUT2D eigenvalue weighted by Crippen LogP contribution is -2.61. The van der Waals surface area contributed by atoms with E-state index in [1.165, 1.54) is 16.8 Å². The van der Waals surface area contributed by atoms with E-state index in [0.717, 1.165) is 18.8 Å². The SMILES string of the molecule is Cc1ccc2c(c1C)N1C(=O)CNCC1CN2C. The van der Waals surface area contributed by atoms with Crippen LogP contribution in [0, 0.1) is 13.8 Å². The molecular formula is C14H19N3O. The van der Waals surface area contributed by atoms with Crippen molar-refractivity contribution in [3.63, 3.8) is 0 Å². The molecule has 0 spiro atoms. The molecular weight excluding hydrogens is 226 g/mol. The van der Waals surface area contributed by atoms with Crippen molar-refractivity contribution in [1.29, 1.82) is 0 Å². The number of benzene rings is 1. The molecule has 1 fully saturated rings. The van der Waals surface area contributed by atoms with Crippen molar-refractivity contribution in [2.24, 2.45) is 0 Å². The van der Waals surface area contributed by atoms with Gasteiger partial charge in [0, 0.05) is 20.1 Å². The zero-order chi connectivity index (χ0) is 12.9. The van der Waals surface area contributed by atoms with Gasteiger partial charge < -0.3 is 15.1 Å². The second kappa shape index (κ2) is 3.99. The van der Waals surface area contributed by atoms with Crippen molar-refractivity contribution in [1.82, 2.24) is 5.32 Å². The molecule has 0 aromatic heterocycles. The van der Waals surface area contributed by atoms with Gasteiger partial charge in [0.25, 0.3) is 0 Å².